The SMILES string of the molecule is COC1(CC(Cc2sccc2Br)NN)CCC1. The van der Waals surface area contributed by atoms with E-state index < -0.39 is 0 Å². The Bertz CT molecular complexity index is 360. The standard InChI is InChI=1S/C12H19BrN2OS/c1-16-12(4-2-5-12)8-9(15-14)7-11-10(13)3-6-17-11/h3,6,9,15H,2,4-5,7-8,14H2,1H3. The van der Waals surface area contributed by atoms with Crippen LogP contribution in [0.15, 0.2) is 15.9 Å². The highest BCUT2D eigenvalue weighted by molar-refractivity contribution is 9.10. The van der Waals surface area contributed by atoms with Gasteiger partial charge in [0.1, 0.15) is 0 Å². The van der Waals surface area contributed by atoms with Gasteiger partial charge in [0.15, 0.2) is 0 Å². The van der Waals surface area contributed by atoms with Gasteiger partial charge in [-0.1, -0.05) is 0 Å². The minimum atomic E-state index is 0.0702. The van der Waals surface area contributed by atoms with E-state index in [1.54, 1.807) is 11.3 Å². The largest absolute Gasteiger partial charge is 0.378 e. The summed E-state index contributed by atoms with van der Waals surface area (Å²) in [7, 11) is 1.81. The molecule has 1 aliphatic carbocycles. The van der Waals surface area contributed by atoms with Crippen LogP contribution in [0, 0.1) is 0 Å². The van der Waals surface area contributed by atoms with Crippen LogP contribution in [0.3, 0.4) is 0 Å². The Labute approximate surface area is 115 Å². The highest BCUT2D eigenvalue weighted by atomic mass is 79.9. The van der Waals surface area contributed by atoms with Gasteiger partial charge in [-0.25, -0.2) is 0 Å². The number of ether oxygens (including phenoxy) is 1. The second kappa shape index (κ2) is 5.80. The van der Waals surface area contributed by atoms with E-state index >= 15 is 0 Å². The van der Waals surface area contributed by atoms with E-state index in [1.165, 1.54) is 15.8 Å². The van der Waals surface area contributed by atoms with E-state index in [-0.39, 0.29) is 11.6 Å². The molecule has 0 aromatic carbocycles. The molecule has 2 rings (SSSR count). The van der Waals surface area contributed by atoms with E-state index in [2.05, 4.69) is 32.8 Å². The minimum Gasteiger partial charge on any atom is -0.378 e. The van der Waals surface area contributed by atoms with Gasteiger partial charge in [0.25, 0.3) is 0 Å². The molecule has 1 atom stereocenters. The normalized spacial score (nSPS) is 19.9. The Hall–Kier alpha value is 0.0600. The van der Waals surface area contributed by atoms with E-state index in [1.807, 2.05) is 7.11 Å². The number of rotatable bonds is 6. The zero-order valence-corrected chi connectivity index (χ0v) is 12.4. The third-order valence-corrected chi connectivity index (χ3v) is 5.62. The van der Waals surface area contributed by atoms with Gasteiger partial charge in [-0.15, -0.1) is 11.3 Å². The van der Waals surface area contributed by atoms with Crippen LogP contribution in [0.5, 0.6) is 0 Å². The van der Waals surface area contributed by atoms with Crippen LogP contribution in [0.2, 0.25) is 0 Å². The molecule has 3 N–H and O–H groups in total. The molecule has 0 spiro atoms. The van der Waals surface area contributed by atoms with Gasteiger partial charge in [-0.05, 0) is 59.5 Å². The number of nitrogens with two attached hydrogens (primary N) is 1. The Kier molecular flexibility index (Phi) is 4.60. The minimum absolute atomic E-state index is 0.0702. The summed E-state index contributed by atoms with van der Waals surface area (Å²) in [5.41, 5.74) is 3.00. The van der Waals surface area contributed by atoms with Gasteiger partial charge < -0.3 is 4.74 Å². The Morgan fingerprint density at radius 2 is 2.41 bits per heavy atom. The van der Waals surface area contributed by atoms with Crippen molar-refractivity contribution in [2.75, 3.05) is 7.11 Å². The van der Waals surface area contributed by atoms with E-state index in [0.717, 1.165) is 25.7 Å². The maximum absolute atomic E-state index is 5.66. The lowest BCUT2D eigenvalue weighted by Crippen LogP contribution is -2.48. The first-order valence-corrected chi connectivity index (χ1v) is 7.59. The number of halogens is 1. The summed E-state index contributed by atoms with van der Waals surface area (Å²) < 4.78 is 6.83. The average Bonchev–Trinajstić information content (AvgIpc) is 2.68. The number of methoxy groups -OCH3 is 1. The summed E-state index contributed by atoms with van der Waals surface area (Å²) >= 11 is 5.33. The van der Waals surface area contributed by atoms with Crippen molar-refractivity contribution in [3.05, 3.63) is 20.8 Å². The van der Waals surface area contributed by atoms with Gasteiger partial charge >= 0.3 is 0 Å². The molecule has 1 heterocycles. The van der Waals surface area contributed by atoms with Crippen LogP contribution in [-0.4, -0.2) is 18.8 Å². The van der Waals surface area contributed by atoms with Gasteiger partial charge in [0.05, 0.1) is 5.60 Å². The molecule has 1 aromatic heterocycles. The van der Waals surface area contributed by atoms with Crippen molar-refractivity contribution in [3.8, 4) is 0 Å². The van der Waals surface area contributed by atoms with Crippen LogP contribution in [0.1, 0.15) is 30.6 Å². The van der Waals surface area contributed by atoms with Gasteiger partial charge in [0.2, 0.25) is 0 Å². The van der Waals surface area contributed by atoms with Crippen LogP contribution in [0.25, 0.3) is 0 Å². The number of hydrazine groups is 1. The Morgan fingerprint density at radius 1 is 1.65 bits per heavy atom. The molecule has 1 fully saturated rings. The molecule has 1 aliphatic rings. The fourth-order valence-electron chi connectivity index (χ4n) is 2.40. The van der Waals surface area contributed by atoms with Crippen LogP contribution >= 0.6 is 27.3 Å². The molecule has 3 nitrogen and oxygen atoms in total. The zero-order chi connectivity index (χ0) is 12.3. The topological polar surface area (TPSA) is 47.3 Å². The highest BCUT2D eigenvalue weighted by Gasteiger charge is 2.38. The quantitative estimate of drug-likeness (QED) is 0.626. The second-order valence-corrected chi connectivity index (χ2v) is 6.56. The molecule has 1 unspecified atom stereocenters. The van der Waals surface area contributed by atoms with Crippen molar-refractivity contribution in [1.82, 2.24) is 5.43 Å². The van der Waals surface area contributed by atoms with Crippen molar-refractivity contribution in [2.24, 2.45) is 5.84 Å². The van der Waals surface area contributed by atoms with E-state index in [0.29, 0.717) is 0 Å². The smallest absolute Gasteiger partial charge is 0.0694 e. The van der Waals surface area contributed by atoms with Gasteiger partial charge in [-0.3, -0.25) is 11.3 Å². The van der Waals surface area contributed by atoms with Crippen molar-refractivity contribution >= 4 is 27.3 Å². The Balaban J connectivity index is 1.95. The fraction of sp³-hybridized carbons (Fsp3) is 0.667. The fourth-order valence-corrected chi connectivity index (χ4v) is 3.99. The molecule has 96 valence electrons. The van der Waals surface area contributed by atoms with Crippen molar-refractivity contribution < 1.29 is 4.74 Å². The zero-order valence-electron chi connectivity index (χ0n) is 10.0. The predicted octanol–water partition coefficient (Wildman–Crippen LogP) is 2.84. The summed E-state index contributed by atoms with van der Waals surface area (Å²) in [6.45, 7) is 0. The van der Waals surface area contributed by atoms with Crippen molar-refractivity contribution in [2.45, 2.75) is 43.7 Å². The second-order valence-electron chi connectivity index (χ2n) is 4.70. The maximum Gasteiger partial charge on any atom is 0.0694 e. The lowest BCUT2D eigenvalue weighted by Gasteiger charge is -2.42. The molecule has 0 amide bonds. The molecule has 5 heteroatoms. The predicted molar refractivity (Wildman–Crippen MR) is 75.0 cm³/mol. The summed E-state index contributed by atoms with van der Waals surface area (Å²) in [4.78, 5) is 1.35. The molecule has 0 radical (unpaired) electrons. The molecule has 0 aliphatic heterocycles. The average molecular weight is 319 g/mol. The molecular formula is C12H19BrN2OS. The third-order valence-electron chi connectivity index (χ3n) is 3.67. The maximum atomic E-state index is 5.66. The first-order chi connectivity index (χ1) is 8.19. The summed E-state index contributed by atoms with van der Waals surface area (Å²) in [6, 6.07) is 2.37. The van der Waals surface area contributed by atoms with Gasteiger partial charge in [-0.2, -0.15) is 0 Å². The number of thiophene rings is 1. The third kappa shape index (κ3) is 3.09. The molecule has 17 heavy (non-hydrogen) atoms. The molecule has 0 saturated heterocycles. The van der Waals surface area contributed by atoms with Crippen LogP contribution in [-0.2, 0) is 11.2 Å². The first kappa shape index (κ1) is 13.5. The van der Waals surface area contributed by atoms with Crippen LogP contribution < -0.4 is 11.3 Å². The highest BCUT2D eigenvalue weighted by Crippen LogP contribution is 2.39. The number of hydrogen-bond acceptors (Lipinski definition) is 4. The van der Waals surface area contributed by atoms with Crippen molar-refractivity contribution in [1.29, 1.82) is 0 Å². The number of nitrogens with one attached hydrogen (secondary N) is 1. The Morgan fingerprint density at radius 3 is 2.82 bits per heavy atom. The molecule has 1 aromatic rings. The summed E-state index contributed by atoms with van der Waals surface area (Å²) in [6.07, 6.45) is 5.54. The lowest BCUT2D eigenvalue weighted by molar-refractivity contribution is -0.0834. The van der Waals surface area contributed by atoms with Gasteiger partial charge in [0, 0.05) is 22.5 Å². The monoisotopic (exact) mass is 318 g/mol. The molecular weight excluding hydrogens is 300 g/mol. The van der Waals surface area contributed by atoms with E-state index in [4.69, 9.17) is 10.6 Å². The summed E-state index contributed by atoms with van der Waals surface area (Å²) in [5.74, 6) is 5.66. The summed E-state index contributed by atoms with van der Waals surface area (Å²) in [5, 5.41) is 2.10. The molecule has 0 bridgehead atoms. The lowest BCUT2D eigenvalue weighted by atomic mass is 9.75. The van der Waals surface area contributed by atoms with Crippen LogP contribution in [0.4, 0.5) is 0 Å². The molecule has 1 saturated carbocycles. The first-order valence-electron chi connectivity index (χ1n) is 5.92. The van der Waals surface area contributed by atoms with Crippen molar-refractivity contribution in [3.63, 3.8) is 0 Å². The van der Waals surface area contributed by atoms with E-state index in [9.17, 15) is 0 Å². The number of hydrogen-bond donors (Lipinski definition) is 2.